The predicted molar refractivity (Wildman–Crippen MR) is 91.7 cm³/mol. The van der Waals surface area contributed by atoms with Crippen LogP contribution < -0.4 is 10.6 Å². The Balaban J connectivity index is 1.68. The van der Waals surface area contributed by atoms with Gasteiger partial charge in [-0.25, -0.2) is 0 Å². The number of amides is 2. The number of carbonyl (C=O) groups is 2. The van der Waals surface area contributed by atoms with Gasteiger partial charge >= 0.3 is 0 Å². The molecular weight excluding hydrogens is 306 g/mol. The minimum absolute atomic E-state index is 0.0408. The Morgan fingerprint density at radius 1 is 1.42 bits per heavy atom. The van der Waals surface area contributed by atoms with Crippen LogP contribution in [0.3, 0.4) is 0 Å². The Bertz CT molecular complexity index is 741. The summed E-state index contributed by atoms with van der Waals surface area (Å²) < 4.78 is 0. The molecule has 1 fully saturated rings. The van der Waals surface area contributed by atoms with E-state index in [9.17, 15) is 9.59 Å². The van der Waals surface area contributed by atoms with Crippen LogP contribution in [0.25, 0.3) is 10.9 Å². The molecule has 2 heterocycles. The van der Waals surface area contributed by atoms with Crippen molar-refractivity contribution in [1.82, 2.24) is 25.7 Å². The average molecular weight is 329 g/mol. The summed E-state index contributed by atoms with van der Waals surface area (Å²) in [4.78, 5) is 27.0. The molecule has 128 valence electrons. The Kier molecular flexibility index (Phi) is 4.80. The van der Waals surface area contributed by atoms with E-state index < -0.39 is 6.04 Å². The number of carbonyl (C=O) groups excluding carboxylic acids is 2. The van der Waals surface area contributed by atoms with E-state index in [-0.39, 0.29) is 17.9 Å². The van der Waals surface area contributed by atoms with Crippen molar-refractivity contribution >= 4 is 22.7 Å². The summed E-state index contributed by atoms with van der Waals surface area (Å²) in [5.41, 5.74) is 1.12. The van der Waals surface area contributed by atoms with E-state index in [2.05, 4.69) is 20.8 Å². The lowest BCUT2D eigenvalue weighted by Gasteiger charge is -2.27. The van der Waals surface area contributed by atoms with Gasteiger partial charge in [-0.1, -0.05) is 18.2 Å². The number of likely N-dealkylation sites (N-methyl/N-ethyl adjacent to an activating group) is 1. The highest BCUT2D eigenvalue weighted by Gasteiger charge is 2.31. The van der Waals surface area contributed by atoms with Crippen LogP contribution in [0.2, 0.25) is 0 Å². The Morgan fingerprint density at radius 3 is 3.00 bits per heavy atom. The Labute approximate surface area is 140 Å². The van der Waals surface area contributed by atoms with Crippen molar-refractivity contribution in [3.8, 4) is 0 Å². The van der Waals surface area contributed by atoms with Crippen LogP contribution in [0.4, 0.5) is 0 Å². The molecule has 1 aliphatic heterocycles. The number of hydrogen-bond donors (Lipinski definition) is 3. The summed E-state index contributed by atoms with van der Waals surface area (Å²) in [7, 11) is 1.88. The number of para-hydroxylation sites is 1. The first-order chi connectivity index (χ1) is 11.6. The van der Waals surface area contributed by atoms with Crippen molar-refractivity contribution in [1.29, 1.82) is 0 Å². The SMILES string of the molecule is CNCC1CCCN1C(=O)C(C)NC(=O)c1n[nH]c2ccccc12. The summed E-state index contributed by atoms with van der Waals surface area (Å²) in [6.45, 7) is 3.25. The van der Waals surface area contributed by atoms with Crippen LogP contribution in [0.5, 0.6) is 0 Å². The fourth-order valence-electron chi connectivity index (χ4n) is 3.29. The van der Waals surface area contributed by atoms with Crippen LogP contribution in [-0.4, -0.2) is 59.1 Å². The first-order valence-corrected chi connectivity index (χ1v) is 8.31. The summed E-state index contributed by atoms with van der Waals surface area (Å²) in [5, 5.41) is 13.6. The number of fused-ring (bicyclic) bond motifs is 1. The molecule has 0 radical (unpaired) electrons. The van der Waals surface area contributed by atoms with E-state index in [0.29, 0.717) is 5.69 Å². The second-order valence-corrected chi connectivity index (χ2v) is 6.20. The first-order valence-electron chi connectivity index (χ1n) is 8.31. The van der Waals surface area contributed by atoms with Crippen molar-refractivity contribution < 1.29 is 9.59 Å². The quantitative estimate of drug-likeness (QED) is 0.760. The number of H-pyrrole nitrogens is 1. The smallest absolute Gasteiger partial charge is 0.273 e. The van der Waals surface area contributed by atoms with Gasteiger partial charge in [-0.3, -0.25) is 14.7 Å². The maximum atomic E-state index is 12.7. The molecule has 1 saturated heterocycles. The standard InChI is InChI=1S/C17H23N5O2/c1-11(17(24)22-9-5-6-12(22)10-18-2)19-16(23)15-13-7-3-4-8-14(13)20-21-15/h3-4,7-8,11-12,18H,5-6,9-10H2,1-2H3,(H,19,23)(H,20,21). The summed E-state index contributed by atoms with van der Waals surface area (Å²) in [5.74, 6) is -0.376. The van der Waals surface area contributed by atoms with E-state index >= 15 is 0 Å². The fourth-order valence-corrected chi connectivity index (χ4v) is 3.29. The van der Waals surface area contributed by atoms with Crippen LogP contribution in [0.1, 0.15) is 30.3 Å². The maximum absolute atomic E-state index is 12.7. The molecule has 1 aromatic heterocycles. The number of nitrogens with zero attached hydrogens (tertiary/aromatic N) is 2. The molecule has 2 aromatic rings. The highest BCUT2D eigenvalue weighted by atomic mass is 16.2. The molecule has 3 N–H and O–H groups in total. The van der Waals surface area contributed by atoms with Crippen molar-refractivity contribution in [2.45, 2.75) is 31.8 Å². The molecule has 24 heavy (non-hydrogen) atoms. The number of aromatic amines is 1. The lowest BCUT2D eigenvalue weighted by atomic mass is 10.2. The molecule has 2 atom stereocenters. The van der Waals surface area contributed by atoms with Crippen LogP contribution >= 0.6 is 0 Å². The number of aromatic nitrogens is 2. The highest BCUT2D eigenvalue weighted by molar-refractivity contribution is 6.05. The van der Waals surface area contributed by atoms with Gasteiger partial charge in [-0.2, -0.15) is 5.10 Å². The average Bonchev–Trinajstić information content (AvgIpc) is 3.21. The van der Waals surface area contributed by atoms with Gasteiger partial charge in [0.1, 0.15) is 6.04 Å². The Morgan fingerprint density at radius 2 is 2.21 bits per heavy atom. The van der Waals surface area contributed by atoms with Gasteiger partial charge in [0, 0.05) is 24.5 Å². The normalized spacial score (nSPS) is 18.8. The molecular formula is C17H23N5O2. The van der Waals surface area contributed by atoms with Crippen molar-refractivity contribution in [2.24, 2.45) is 0 Å². The van der Waals surface area contributed by atoms with Gasteiger partial charge < -0.3 is 15.5 Å². The van der Waals surface area contributed by atoms with Crippen molar-refractivity contribution in [3.63, 3.8) is 0 Å². The molecule has 1 aromatic carbocycles. The van der Waals surface area contributed by atoms with E-state index in [1.54, 1.807) is 6.92 Å². The number of hydrogen-bond acceptors (Lipinski definition) is 4. The largest absolute Gasteiger partial charge is 0.339 e. The molecule has 0 aliphatic carbocycles. The maximum Gasteiger partial charge on any atom is 0.273 e. The lowest BCUT2D eigenvalue weighted by molar-refractivity contribution is -0.133. The third-order valence-corrected chi connectivity index (χ3v) is 4.50. The summed E-state index contributed by atoms with van der Waals surface area (Å²) in [6, 6.07) is 7.06. The Hall–Kier alpha value is -2.41. The van der Waals surface area contributed by atoms with Gasteiger partial charge in [0.2, 0.25) is 5.91 Å². The van der Waals surface area contributed by atoms with Gasteiger partial charge in [0.25, 0.3) is 5.91 Å². The van der Waals surface area contributed by atoms with Crippen molar-refractivity contribution in [3.05, 3.63) is 30.0 Å². The second kappa shape index (κ2) is 7.00. The van der Waals surface area contributed by atoms with E-state index in [4.69, 9.17) is 0 Å². The van der Waals surface area contributed by atoms with Crippen LogP contribution in [-0.2, 0) is 4.79 Å². The summed E-state index contributed by atoms with van der Waals surface area (Å²) in [6.07, 6.45) is 2.00. The molecule has 1 aliphatic rings. The van der Waals surface area contributed by atoms with E-state index in [1.807, 2.05) is 36.2 Å². The monoisotopic (exact) mass is 329 g/mol. The molecule has 0 spiro atoms. The zero-order chi connectivity index (χ0) is 17.1. The number of nitrogens with one attached hydrogen (secondary N) is 3. The molecule has 0 bridgehead atoms. The van der Waals surface area contributed by atoms with Gasteiger partial charge in [-0.15, -0.1) is 0 Å². The minimum Gasteiger partial charge on any atom is -0.339 e. The molecule has 2 amide bonds. The second-order valence-electron chi connectivity index (χ2n) is 6.20. The molecule has 0 saturated carbocycles. The molecule has 2 unspecified atom stereocenters. The fraction of sp³-hybridized carbons (Fsp3) is 0.471. The zero-order valence-corrected chi connectivity index (χ0v) is 14.0. The topological polar surface area (TPSA) is 90.1 Å². The number of rotatable bonds is 5. The molecule has 7 heteroatoms. The highest BCUT2D eigenvalue weighted by Crippen LogP contribution is 2.18. The van der Waals surface area contributed by atoms with Gasteiger partial charge in [0.05, 0.1) is 5.52 Å². The predicted octanol–water partition coefficient (Wildman–Crippen LogP) is 0.892. The first kappa shape index (κ1) is 16.4. The third kappa shape index (κ3) is 3.12. The van der Waals surface area contributed by atoms with Gasteiger partial charge in [0.15, 0.2) is 5.69 Å². The molecule has 3 rings (SSSR count). The zero-order valence-electron chi connectivity index (χ0n) is 14.0. The number of likely N-dealkylation sites (tertiary alicyclic amines) is 1. The van der Waals surface area contributed by atoms with Crippen LogP contribution in [0, 0.1) is 0 Å². The van der Waals surface area contributed by atoms with E-state index in [1.165, 1.54) is 0 Å². The third-order valence-electron chi connectivity index (χ3n) is 4.50. The van der Waals surface area contributed by atoms with Crippen LogP contribution in [0.15, 0.2) is 24.3 Å². The van der Waals surface area contributed by atoms with Gasteiger partial charge in [-0.05, 0) is 32.9 Å². The lowest BCUT2D eigenvalue weighted by Crippen LogP contribution is -2.50. The number of benzene rings is 1. The summed E-state index contributed by atoms with van der Waals surface area (Å²) >= 11 is 0. The van der Waals surface area contributed by atoms with E-state index in [0.717, 1.165) is 36.8 Å². The minimum atomic E-state index is -0.578. The van der Waals surface area contributed by atoms with Crippen molar-refractivity contribution in [2.75, 3.05) is 20.1 Å². The molecule has 7 nitrogen and oxygen atoms in total.